The van der Waals surface area contributed by atoms with Crippen molar-refractivity contribution in [2.24, 2.45) is 5.73 Å². The molecule has 0 fully saturated rings. The molecule has 0 aromatic carbocycles. The number of H-pyrrole nitrogens is 1. The SMILES string of the molecule is N[C@]1(O)c2nc(C(=O)O)cc(C(=O)O)c2-c2[nH]c(C(=O)O)cc2C1O. The standard InChI is InChI=1S/C14H11N3O8/c15-14(25)9-7(3(11(19)20)1-6(17-9)13(23)24)8-4(10(14)18)2-5(16-8)12(21)22/h1-2,10,16,18,25H,15H2,(H,19,20)(H,21,22)(H,23,24)/t10?,14-/m0/s1. The molecule has 11 heteroatoms. The van der Waals surface area contributed by atoms with Gasteiger partial charge in [-0.05, 0) is 12.1 Å². The molecule has 0 aliphatic heterocycles. The Labute approximate surface area is 138 Å². The number of aliphatic hydroxyl groups excluding tert-OH is 1. The molecule has 0 saturated carbocycles. The van der Waals surface area contributed by atoms with Crippen LogP contribution < -0.4 is 5.73 Å². The van der Waals surface area contributed by atoms with Crippen LogP contribution in [-0.4, -0.2) is 53.4 Å². The Morgan fingerprint density at radius 2 is 1.76 bits per heavy atom. The van der Waals surface area contributed by atoms with Gasteiger partial charge in [0.05, 0.1) is 11.3 Å². The fraction of sp³-hybridized carbons (Fsp3) is 0.143. The van der Waals surface area contributed by atoms with Gasteiger partial charge in [0.1, 0.15) is 23.2 Å². The number of carboxylic acid groups (broad SMARTS) is 3. The van der Waals surface area contributed by atoms with Gasteiger partial charge < -0.3 is 30.5 Å². The summed E-state index contributed by atoms with van der Waals surface area (Å²) in [5.41, 5.74) is 0.208. The number of hydrogen-bond donors (Lipinski definition) is 7. The van der Waals surface area contributed by atoms with E-state index in [0.29, 0.717) is 0 Å². The van der Waals surface area contributed by atoms with Gasteiger partial charge >= 0.3 is 17.9 Å². The zero-order valence-electron chi connectivity index (χ0n) is 12.2. The van der Waals surface area contributed by atoms with Crippen LogP contribution in [0.15, 0.2) is 12.1 Å². The lowest BCUT2D eigenvalue weighted by atomic mass is 9.83. The molecule has 11 nitrogen and oxygen atoms in total. The molecule has 2 aromatic rings. The Balaban J connectivity index is 2.45. The molecule has 0 amide bonds. The van der Waals surface area contributed by atoms with Gasteiger partial charge in [-0.25, -0.2) is 19.4 Å². The predicted octanol–water partition coefficient (Wildman–Crippen LogP) is -0.678. The molecule has 25 heavy (non-hydrogen) atoms. The lowest BCUT2D eigenvalue weighted by Gasteiger charge is -2.34. The summed E-state index contributed by atoms with van der Waals surface area (Å²) in [7, 11) is 0. The van der Waals surface area contributed by atoms with Crippen LogP contribution in [0.25, 0.3) is 11.3 Å². The van der Waals surface area contributed by atoms with Crippen molar-refractivity contribution in [3.63, 3.8) is 0 Å². The summed E-state index contributed by atoms with van der Waals surface area (Å²) >= 11 is 0. The fourth-order valence-electron chi connectivity index (χ4n) is 2.74. The number of aromatic nitrogens is 2. The Kier molecular flexibility index (Phi) is 3.39. The number of nitrogens with one attached hydrogen (secondary N) is 1. The first-order chi connectivity index (χ1) is 11.6. The van der Waals surface area contributed by atoms with E-state index in [1.807, 2.05) is 0 Å². The molecule has 1 unspecified atom stereocenters. The normalized spacial score (nSPS) is 21.3. The van der Waals surface area contributed by atoms with E-state index in [4.69, 9.17) is 15.9 Å². The van der Waals surface area contributed by atoms with Gasteiger partial charge in [0.2, 0.25) is 0 Å². The monoisotopic (exact) mass is 349 g/mol. The molecule has 0 bridgehead atoms. The number of aliphatic hydroxyl groups is 2. The highest BCUT2D eigenvalue weighted by Gasteiger charge is 2.47. The minimum absolute atomic E-state index is 0.128. The number of hydrogen-bond acceptors (Lipinski definition) is 7. The molecular weight excluding hydrogens is 338 g/mol. The maximum Gasteiger partial charge on any atom is 0.354 e. The fourth-order valence-corrected chi connectivity index (χ4v) is 2.74. The summed E-state index contributed by atoms with van der Waals surface area (Å²) in [6.45, 7) is 0. The lowest BCUT2D eigenvalue weighted by molar-refractivity contribution is -0.0832. The lowest BCUT2D eigenvalue weighted by Crippen LogP contribution is -2.46. The highest BCUT2D eigenvalue weighted by atomic mass is 16.4. The van der Waals surface area contributed by atoms with Gasteiger partial charge in [0.15, 0.2) is 5.72 Å². The largest absolute Gasteiger partial charge is 0.478 e. The molecule has 2 atom stereocenters. The second kappa shape index (κ2) is 5.11. The zero-order valence-corrected chi connectivity index (χ0v) is 12.2. The second-order valence-electron chi connectivity index (χ2n) is 5.44. The van der Waals surface area contributed by atoms with Gasteiger partial charge in [-0.2, -0.15) is 0 Å². The number of fused-ring (bicyclic) bond motifs is 3. The number of nitrogens with zero attached hydrogens (tertiary/aromatic N) is 1. The Morgan fingerprint density at radius 3 is 2.28 bits per heavy atom. The first-order valence-corrected chi connectivity index (χ1v) is 6.73. The van der Waals surface area contributed by atoms with Crippen LogP contribution in [0.4, 0.5) is 0 Å². The van der Waals surface area contributed by atoms with Gasteiger partial charge in [-0.15, -0.1) is 0 Å². The third-order valence-corrected chi connectivity index (χ3v) is 3.89. The Morgan fingerprint density at radius 1 is 1.12 bits per heavy atom. The van der Waals surface area contributed by atoms with Gasteiger partial charge in [0.25, 0.3) is 0 Å². The van der Waals surface area contributed by atoms with Gasteiger partial charge in [-0.1, -0.05) is 0 Å². The summed E-state index contributed by atoms with van der Waals surface area (Å²) in [5.74, 6) is -4.51. The molecule has 0 saturated heterocycles. The van der Waals surface area contributed by atoms with E-state index in [-0.39, 0.29) is 22.5 Å². The first kappa shape index (κ1) is 16.6. The van der Waals surface area contributed by atoms with E-state index < -0.39 is 46.7 Å². The van der Waals surface area contributed by atoms with Crippen molar-refractivity contribution >= 4 is 17.9 Å². The van der Waals surface area contributed by atoms with Crippen molar-refractivity contribution in [3.8, 4) is 11.3 Å². The minimum atomic E-state index is -2.63. The van der Waals surface area contributed by atoms with E-state index in [1.54, 1.807) is 0 Å². The Bertz CT molecular complexity index is 946. The summed E-state index contributed by atoms with van der Waals surface area (Å²) < 4.78 is 0. The first-order valence-electron chi connectivity index (χ1n) is 6.73. The van der Waals surface area contributed by atoms with Crippen molar-refractivity contribution in [2.75, 3.05) is 0 Å². The maximum absolute atomic E-state index is 11.6. The summed E-state index contributed by atoms with van der Waals surface area (Å²) in [5, 5.41) is 48.2. The highest BCUT2D eigenvalue weighted by Crippen LogP contribution is 2.46. The number of rotatable bonds is 3. The molecule has 0 radical (unpaired) electrons. The zero-order chi connectivity index (χ0) is 18.7. The number of aromatic amines is 1. The average Bonchev–Trinajstić information content (AvgIpc) is 2.97. The Hall–Kier alpha value is -3.28. The van der Waals surface area contributed by atoms with Crippen LogP contribution in [0.5, 0.6) is 0 Å². The number of pyridine rings is 1. The number of nitrogens with two attached hydrogens (primary N) is 1. The predicted molar refractivity (Wildman–Crippen MR) is 77.9 cm³/mol. The quantitative estimate of drug-likeness (QED) is 0.347. The van der Waals surface area contributed by atoms with Crippen molar-refractivity contribution in [1.29, 1.82) is 0 Å². The molecule has 8 N–H and O–H groups in total. The minimum Gasteiger partial charge on any atom is -0.478 e. The van der Waals surface area contributed by atoms with Crippen LogP contribution in [-0.2, 0) is 5.72 Å². The van der Waals surface area contributed by atoms with Crippen LogP contribution in [0, 0.1) is 0 Å². The van der Waals surface area contributed by atoms with E-state index in [9.17, 15) is 29.7 Å². The van der Waals surface area contributed by atoms with Crippen LogP contribution in [0.2, 0.25) is 0 Å². The molecule has 2 heterocycles. The van der Waals surface area contributed by atoms with Gasteiger partial charge in [-0.3, -0.25) is 5.73 Å². The molecule has 1 aliphatic carbocycles. The molecule has 130 valence electrons. The summed E-state index contributed by atoms with van der Waals surface area (Å²) in [6, 6.07) is 1.75. The van der Waals surface area contributed by atoms with Gasteiger partial charge in [0, 0.05) is 11.1 Å². The maximum atomic E-state index is 11.6. The summed E-state index contributed by atoms with van der Waals surface area (Å²) in [6.07, 6.45) is -1.86. The van der Waals surface area contributed by atoms with Crippen LogP contribution >= 0.6 is 0 Å². The third kappa shape index (κ3) is 2.26. The number of aromatic carboxylic acids is 3. The van der Waals surface area contributed by atoms with Crippen molar-refractivity contribution in [1.82, 2.24) is 9.97 Å². The number of carbonyl (C=O) groups is 3. The van der Waals surface area contributed by atoms with Crippen molar-refractivity contribution in [3.05, 3.63) is 40.3 Å². The number of carboxylic acids is 3. The molecule has 3 rings (SSSR count). The van der Waals surface area contributed by atoms with E-state index >= 15 is 0 Å². The molecule has 2 aromatic heterocycles. The molecular formula is C14H11N3O8. The topological polar surface area (TPSA) is 207 Å². The van der Waals surface area contributed by atoms with Crippen LogP contribution in [0.1, 0.15) is 48.7 Å². The van der Waals surface area contributed by atoms with E-state index in [2.05, 4.69) is 9.97 Å². The third-order valence-electron chi connectivity index (χ3n) is 3.89. The average molecular weight is 349 g/mol. The molecule has 0 spiro atoms. The second-order valence-corrected chi connectivity index (χ2v) is 5.44. The van der Waals surface area contributed by atoms with E-state index in [1.165, 1.54) is 0 Å². The highest BCUT2D eigenvalue weighted by molar-refractivity contribution is 6.01. The van der Waals surface area contributed by atoms with Crippen molar-refractivity contribution in [2.45, 2.75) is 11.8 Å². The van der Waals surface area contributed by atoms with Crippen LogP contribution in [0.3, 0.4) is 0 Å². The molecule has 1 aliphatic rings. The van der Waals surface area contributed by atoms with E-state index in [0.717, 1.165) is 12.1 Å². The summed E-state index contributed by atoms with van der Waals surface area (Å²) in [4.78, 5) is 39.9. The smallest absolute Gasteiger partial charge is 0.354 e. The van der Waals surface area contributed by atoms with Crippen molar-refractivity contribution < 1.29 is 39.9 Å².